The normalized spacial score (nSPS) is 12.0. The zero-order chi connectivity index (χ0) is 15.9. The number of aliphatic imine (C=N–C) groups is 1. The van der Waals surface area contributed by atoms with E-state index in [1.165, 1.54) is 21.0 Å². The van der Waals surface area contributed by atoms with Gasteiger partial charge >= 0.3 is 5.63 Å². The maximum atomic E-state index is 14.0. The second-order valence-electron chi connectivity index (χ2n) is 4.19. The van der Waals surface area contributed by atoms with Crippen molar-refractivity contribution < 1.29 is 22.7 Å². The molecule has 0 fully saturated rings. The highest BCUT2D eigenvalue weighted by Gasteiger charge is 2.27. The third-order valence-electron chi connectivity index (χ3n) is 3.10. The standard InChI is InChI=1S/C13H11F3N2O3/c1-4(17-2)5-11(19)6-7(14)8(15)10(18-3)9(16)12(6)21-13(5)20/h18-19H,1-3H3. The fourth-order valence-corrected chi connectivity index (χ4v) is 1.96. The van der Waals surface area contributed by atoms with Crippen LogP contribution in [0.5, 0.6) is 5.75 Å². The summed E-state index contributed by atoms with van der Waals surface area (Å²) in [6.45, 7) is 1.37. The maximum Gasteiger partial charge on any atom is 0.349 e. The van der Waals surface area contributed by atoms with Crippen molar-refractivity contribution in [2.24, 2.45) is 4.99 Å². The van der Waals surface area contributed by atoms with E-state index in [1.54, 1.807) is 0 Å². The number of rotatable bonds is 2. The van der Waals surface area contributed by atoms with Gasteiger partial charge in [0.25, 0.3) is 0 Å². The lowest BCUT2D eigenvalue weighted by molar-refractivity contribution is 0.447. The molecule has 21 heavy (non-hydrogen) atoms. The summed E-state index contributed by atoms with van der Waals surface area (Å²) in [7, 11) is 2.51. The van der Waals surface area contributed by atoms with Crippen LogP contribution in [0, 0.1) is 17.5 Å². The number of benzene rings is 1. The molecule has 2 N–H and O–H groups in total. The first kappa shape index (κ1) is 14.9. The highest BCUT2D eigenvalue weighted by atomic mass is 19.2. The summed E-state index contributed by atoms with van der Waals surface area (Å²) in [5.41, 5.74) is -3.17. The van der Waals surface area contributed by atoms with Gasteiger partial charge in [-0.1, -0.05) is 0 Å². The average molecular weight is 300 g/mol. The van der Waals surface area contributed by atoms with Crippen LogP contribution in [-0.2, 0) is 0 Å². The minimum absolute atomic E-state index is 0.0426. The van der Waals surface area contributed by atoms with Gasteiger partial charge in [-0.25, -0.2) is 18.0 Å². The van der Waals surface area contributed by atoms with Crippen molar-refractivity contribution in [2.75, 3.05) is 19.4 Å². The summed E-state index contributed by atoms with van der Waals surface area (Å²) in [4.78, 5) is 15.5. The van der Waals surface area contributed by atoms with Crippen LogP contribution in [0.25, 0.3) is 11.0 Å². The molecule has 1 heterocycles. The molecule has 0 bridgehead atoms. The molecule has 5 nitrogen and oxygen atoms in total. The number of nitrogens with one attached hydrogen (secondary N) is 1. The molecule has 1 aromatic heterocycles. The molecule has 0 radical (unpaired) electrons. The molecule has 8 heteroatoms. The highest BCUT2D eigenvalue weighted by Crippen LogP contribution is 2.36. The quantitative estimate of drug-likeness (QED) is 0.507. The SMILES string of the molecule is CN=C(C)c1c(O)c2c(F)c(F)c(NC)c(F)c2oc1=O. The molecule has 0 aliphatic heterocycles. The van der Waals surface area contributed by atoms with E-state index < -0.39 is 51.0 Å². The van der Waals surface area contributed by atoms with Crippen LogP contribution in [0.15, 0.2) is 14.2 Å². The second kappa shape index (κ2) is 5.12. The topological polar surface area (TPSA) is 74.8 Å². The van der Waals surface area contributed by atoms with Crippen molar-refractivity contribution in [3.8, 4) is 5.75 Å². The molecule has 0 aliphatic rings. The fourth-order valence-electron chi connectivity index (χ4n) is 1.96. The van der Waals surface area contributed by atoms with E-state index in [2.05, 4.69) is 14.7 Å². The van der Waals surface area contributed by atoms with Gasteiger partial charge in [0.05, 0.1) is 0 Å². The Labute approximate surface area is 116 Å². The van der Waals surface area contributed by atoms with Crippen LogP contribution in [0.1, 0.15) is 12.5 Å². The molecule has 2 rings (SSSR count). The summed E-state index contributed by atoms with van der Waals surface area (Å²) >= 11 is 0. The lowest BCUT2D eigenvalue weighted by Crippen LogP contribution is -2.14. The monoisotopic (exact) mass is 300 g/mol. The number of nitrogens with zero attached hydrogens (tertiary/aromatic N) is 1. The summed E-state index contributed by atoms with van der Waals surface area (Å²) in [5, 5.41) is 11.3. The molecule has 0 atom stereocenters. The van der Waals surface area contributed by atoms with E-state index in [9.17, 15) is 23.1 Å². The third-order valence-corrected chi connectivity index (χ3v) is 3.10. The minimum atomic E-state index is -1.53. The molecular formula is C13H11F3N2O3. The Morgan fingerprint density at radius 2 is 1.86 bits per heavy atom. The Bertz CT molecular complexity index is 828. The Balaban J connectivity index is 3.10. The van der Waals surface area contributed by atoms with Gasteiger partial charge in [-0.15, -0.1) is 0 Å². The molecule has 2 aromatic rings. The predicted molar refractivity (Wildman–Crippen MR) is 71.7 cm³/mol. The van der Waals surface area contributed by atoms with Crippen LogP contribution in [-0.4, -0.2) is 24.9 Å². The molecule has 0 unspecified atom stereocenters. The van der Waals surface area contributed by atoms with Crippen LogP contribution >= 0.6 is 0 Å². The third kappa shape index (κ3) is 2.03. The summed E-state index contributed by atoms with van der Waals surface area (Å²) in [6, 6.07) is 0. The average Bonchev–Trinajstić information content (AvgIpc) is 2.44. The van der Waals surface area contributed by atoms with E-state index >= 15 is 0 Å². The molecule has 0 saturated carbocycles. The van der Waals surface area contributed by atoms with Gasteiger partial charge < -0.3 is 14.8 Å². The lowest BCUT2D eigenvalue weighted by atomic mass is 10.1. The molecule has 112 valence electrons. The highest BCUT2D eigenvalue weighted by molar-refractivity contribution is 6.05. The van der Waals surface area contributed by atoms with Gasteiger partial charge in [-0.05, 0) is 6.92 Å². The molecule has 0 spiro atoms. The number of halogens is 3. The Morgan fingerprint density at radius 1 is 1.24 bits per heavy atom. The van der Waals surface area contributed by atoms with Gasteiger partial charge in [-0.2, -0.15) is 0 Å². The molecule has 1 aromatic carbocycles. The first-order valence-corrected chi connectivity index (χ1v) is 5.82. The first-order chi connectivity index (χ1) is 9.84. The van der Waals surface area contributed by atoms with Crippen molar-refractivity contribution in [1.29, 1.82) is 0 Å². The van der Waals surface area contributed by atoms with Crippen molar-refractivity contribution in [1.82, 2.24) is 0 Å². The zero-order valence-electron chi connectivity index (χ0n) is 11.3. The van der Waals surface area contributed by atoms with Crippen LogP contribution in [0.2, 0.25) is 0 Å². The number of hydrogen-bond donors (Lipinski definition) is 2. The molecule has 0 aliphatic carbocycles. The van der Waals surface area contributed by atoms with Crippen LogP contribution in [0.3, 0.4) is 0 Å². The van der Waals surface area contributed by atoms with E-state index in [1.807, 2.05) is 0 Å². The number of aromatic hydroxyl groups is 1. The van der Waals surface area contributed by atoms with E-state index in [-0.39, 0.29) is 5.71 Å². The van der Waals surface area contributed by atoms with Gasteiger partial charge in [-0.3, -0.25) is 4.99 Å². The Kier molecular flexibility index (Phi) is 3.63. The van der Waals surface area contributed by atoms with Crippen molar-refractivity contribution >= 4 is 22.4 Å². The van der Waals surface area contributed by atoms with E-state index in [4.69, 9.17) is 0 Å². The Morgan fingerprint density at radius 3 is 2.38 bits per heavy atom. The smallest absolute Gasteiger partial charge is 0.349 e. The van der Waals surface area contributed by atoms with E-state index in [0.29, 0.717) is 0 Å². The van der Waals surface area contributed by atoms with E-state index in [0.717, 1.165) is 0 Å². The summed E-state index contributed by atoms with van der Waals surface area (Å²) < 4.78 is 46.5. The van der Waals surface area contributed by atoms with Crippen molar-refractivity contribution in [2.45, 2.75) is 6.92 Å². The number of anilines is 1. The number of hydrogen-bond acceptors (Lipinski definition) is 5. The minimum Gasteiger partial charge on any atom is -0.506 e. The number of fused-ring (bicyclic) bond motifs is 1. The van der Waals surface area contributed by atoms with Gasteiger partial charge in [0.15, 0.2) is 23.0 Å². The summed E-state index contributed by atoms with van der Waals surface area (Å²) in [6.07, 6.45) is 0. The molecule has 0 saturated heterocycles. The predicted octanol–water partition coefficient (Wildman–Crippen LogP) is 2.40. The first-order valence-electron chi connectivity index (χ1n) is 5.82. The van der Waals surface area contributed by atoms with Crippen molar-refractivity contribution in [3.05, 3.63) is 33.4 Å². The second-order valence-corrected chi connectivity index (χ2v) is 4.19. The lowest BCUT2D eigenvalue weighted by Gasteiger charge is -2.11. The van der Waals surface area contributed by atoms with Gasteiger partial charge in [0.2, 0.25) is 0 Å². The van der Waals surface area contributed by atoms with Crippen LogP contribution in [0.4, 0.5) is 18.9 Å². The van der Waals surface area contributed by atoms with Crippen LogP contribution < -0.4 is 10.9 Å². The molecular weight excluding hydrogens is 289 g/mol. The maximum absolute atomic E-state index is 14.0. The van der Waals surface area contributed by atoms with Crippen molar-refractivity contribution in [3.63, 3.8) is 0 Å². The Hall–Kier alpha value is -2.51. The fraction of sp³-hybridized carbons (Fsp3) is 0.231. The summed E-state index contributed by atoms with van der Waals surface area (Å²) in [5.74, 6) is -5.27. The molecule has 0 amide bonds. The van der Waals surface area contributed by atoms with Gasteiger partial charge in [0.1, 0.15) is 22.4 Å². The van der Waals surface area contributed by atoms with Gasteiger partial charge in [0, 0.05) is 19.8 Å². The largest absolute Gasteiger partial charge is 0.506 e. The zero-order valence-corrected chi connectivity index (χ0v) is 11.3.